The van der Waals surface area contributed by atoms with Crippen LogP contribution < -0.4 is 5.32 Å². The SMILES string of the molecule is CC(=O)OC(C)C(=O)NCc1ccc(C2OC(CSCCO)C(C)C(c3ccc(CO)cc3)O2)cc1. The van der Waals surface area contributed by atoms with Gasteiger partial charge in [-0.2, -0.15) is 11.8 Å². The summed E-state index contributed by atoms with van der Waals surface area (Å²) in [7, 11) is 0. The summed E-state index contributed by atoms with van der Waals surface area (Å²) in [5.41, 5.74) is 3.61. The Hall–Kier alpha value is -2.43. The minimum atomic E-state index is -0.850. The summed E-state index contributed by atoms with van der Waals surface area (Å²) >= 11 is 1.65. The van der Waals surface area contributed by atoms with E-state index >= 15 is 0 Å². The Kier molecular flexibility index (Phi) is 10.8. The number of esters is 1. The van der Waals surface area contributed by atoms with Gasteiger partial charge < -0.3 is 29.7 Å². The summed E-state index contributed by atoms with van der Waals surface area (Å²) in [6.07, 6.45) is -1.70. The highest BCUT2D eigenvalue weighted by Gasteiger charge is 2.38. The van der Waals surface area contributed by atoms with Gasteiger partial charge in [0.1, 0.15) is 0 Å². The quantitative estimate of drug-likeness (QED) is 0.307. The van der Waals surface area contributed by atoms with Gasteiger partial charge in [-0.1, -0.05) is 55.5 Å². The summed E-state index contributed by atoms with van der Waals surface area (Å²) in [5, 5.41) is 21.3. The summed E-state index contributed by atoms with van der Waals surface area (Å²) in [4.78, 5) is 23.1. The molecule has 1 aliphatic heterocycles. The Morgan fingerprint density at radius 1 is 1.03 bits per heavy atom. The van der Waals surface area contributed by atoms with Gasteiger partial charge in [-0.15, -0.1) is 0 Å². The molecule has 1 aliphatic rings. The lowest BCUT2D eigenvalue weighted by Gasteiger charge is -2.41. The second kappa shape index (κ2) is 13.8. The van der Waals surface area contributed by atoms with E-state index in [1.54, 1.807) is 11.8 Å². The second-order valence-corrected chi connectivity index (χ2v) is 9.98. The molecule has 1 heterocycles. The van der Waals surface area contributed by atoms with Crippen LogP contribution in [-0.4, -0.2) is 52.4 Å². The van der Waals surface area contributed by atoms with Gasteiger partial charge in [0.05, 0.1) is 25.4 Å². The fourth-order valence-corrected chi connectivity index (χ4v) is 4.91. The number of hydrogen-bond acceptors (Lipinski definition) is 8. The van der Waals surface area contributed by atoms with Crippen molar-refractivity contribution in [3.8, 4) is 0 Å². The number of carbonyl (C=O) groups excluding carboxylic acids is 2. The molecule has 0 bridgehead atoms. The van der Waals surface area contributed by atoms with Gasteiger partial charge in [-0.05, 0) is 23.6 Å². The summed E-state index contributed by atoms with van der Waals surface area (Å²) < 4.78 is 17.7. The molecule has 1 saturated heterocycles. The third-order valence-corrected chi connectivity index (χ3v) is 7.11. The molecule has 36 heavy (non-hydrogen) atoms. The van der Waals surface area contributed by atoms with Gasteiger partial charge in [-0.3, -0.25) is 9.59 Å². The van der Waals surface area contributed by atoms with Crippen LogP contribution in [0.25, 0.3) is 0 Å². The molecule has 0 spiro atoms. The van der Waals surface area contributed by atoms with E-state index in [9.17, 15) is 19.8 Å². The van der Waals surface area contributed by atoms with Crippen LogP contribution in [0.5, 0.6) is 0 Å². The van der Waals surface area contributed by atoms with Crippen LogP contribution in [0.4, 0.5) is 0 Å². The van der Waals surface area contributed by atoms with Gasteiger partial charge in [0.25, 0.3) is 5.91 Å². The number of amides is 1. The van der Waals surface area contributed by atoms with Crippen LogP contribution in [-0.2, 0) is 37.0 Å². The first-order chi connectivity index (χ1) is 17.3. The molecule has 0 radical (unpaired) electrons. The number of thioether (sulfide) groups is 1. The van der Waals surface area contributed by atoms with Gasteiger partial charge in [0.2, 0.25) is 0 Å². The average Bonchev–Trinajstić information content (AvgIpc) is 2.88. The van der Waals surface area contributed by atoms with E-state index in [0.29, 0.717) is 12.3 Å². The Balaban J connectivity index is 1.70. The first kappa shape index (κ1) is 28.1. The molecule has 9 heteroatoms. The van der Waals surface area contributed by atoms with Crippen molar-refractivity contribution in [2.45, 2.75) is 58.5 Å². The number of ether oxygens (including phenoxy) is 3. The second-order valence-electron chi connectivity index (χ2n) is 8.83. The normalized spacial score (nSPS) is 22.6. The first-order valence-corrected chi connectivity index (χ1v) is 13.2. The fraction of sp³-hybridized carbons (Fsp3) is 0.481. The highest BCUT2D eigenvalue weighted by Crippen LogP contribution is 2.42. The molecular weight excluding hydrogens is 482 g/mol. The van der Waals surface area contributed by atoms with Crippen molar-refractivity contribution in [1.29, 1.82) is 0 Å². The van der Waals surface area contributed by atoms with E-state index in [4.69, 9.17) is 14.2 Å². The van der Waals surface area contributed by atoms with Crippen molar-refractivity contribution in [1.82, 2.24) is 5.32 Å². The van der Waals surface area contributed by atoms with Gasteiger partial charge in [0, 0.05) is 36.5 Å². The maximum atomic E-state index is 12.1. The van der Waals surface area contributed by atoms with Crippen molar-refractivity contribution >= 4 is 23.6 Å². The van der Waals surface area contributed by atoms with Crippen LogP contribution in [0, 0.1) is 5.92 Å². The zero-order chi connectivity index (χ0) is 26.1. The number of hydrogen-bond donors (Lipinski definition) is 3. The van der Waals surface area contributed by atoms with Crippen LogP contribution in [0.1, 0.15) is 55.4 Å². The molecule has 196 valence electrons. The van der Waals surface area contributed by atoms with E-state index in [1.807, 2.05) is 48.5 Å². The summed E-state index contributed by atoms with van der Waals surface area (Å²) in [6.45, 7) is 5.31. The van der Waals surface area contributed by atoms with E-state index in [-0.39, 0.29) is 37.2 Å². The predicted molar refractivity (Wildman–Crippen MR) is 137 cm³/mol. The van der Waals surface area contributed by atoms with Gasteiger partial charge >= 0.3 is 5.97 Å². The van der Waals surface area contributed by atoms with Gasteiger partial charge in [0.15, 0.2) is 12.4 Å². The number of nitrogens with one attached hydrogen (secondary N) is 1. The van der Waals surface area contributed by atoms with Gasteiger partial charge in [-0.25, -0.2) is 0 Å². The smallest absolute Gasteiger partial charge is 0.303 e. The zero-order valence-corrected chi connectivity index (χ0v) is 21.7. The molecule has 3 N–H and O–H groups in total. The van der Waals surface area contributed by atoms with E-state index in [2.05, 4.69) is 12.2 Å². The highest BCUT2D eigenvalue weighted by molar-refractivity contribution is 7.99. The number of carbonyl (C=O) groups is 2. The van der Waals surface area contributed by atoms with Crippen molar-refractivity contribution in [3.05, 3.63) is 70.8 Å². The molecule has 8 nitrogen and oxygen atoms in total. The molecule has 0 aromatic heterocycles. The van der Waals surface area contributed by atoms with Crippen LogP contribution in [0.3, 0.4) is 0 Å². The monoisotopic (exact) mass is 517 g/mol. The minimum Gasteiger partial charge on any atom is -0.453 e. The number of benzene rings is 2. The van der Waals surface area contributed by atoms with E-state index in [0.717, 1.165) is 28.0 Å². The topological polar surface area (TPSA) is 114 Å². The van der Waals surface area contributed by atoms with Crippen molar-refractivity contribution in [2.24, 2.45) is 5.92 Å². The van der Waals surface area contributed by atoms with E-state index in [1.165, 1.54) is 13.8 Å². The van der Waals surface area contributed by atoms with Crippen LogP contribution in [0.15, 0.2) is 48.5 Å². The fourth-order valence-electron chi connectivity index (χ4n) is 4.00. The third-order valence-electron chi connectivity index (χ3n) is 6.07. The Morgan fingerprint density at radius 3 is 2.28 bits per heavy atom. The third kappa shape index (κ3) is 7.78. The van der Waals surface area contributed by atoms with Crippen LogP contribution >= 0.6 is 11.8 Å². The largest absolute Gasteiger partial charge is 0.453 e. The van der Waals surface area contributed by atoms with Crippen molar-refractivity contribution in [3.63, 3.8) is 0 Å². The average molecular weight is 518 g/mol. The molecule has 0 aliphatic carbocycles. The van der Waals surface area contributed by atoms with Crippen molar-refractivity contribution < 1.29 is 34.0 Å². The minimum absolute atomic E-state index is 0.0109. The predicted octanol–water partition coefficient (Wildman–Crippen LogP) is 3.26. The number of aliphatic hydroxyl groups is 2. The van der Waals surface area contributed by atoms with Crippen molar-refractivity contribution in [2.75, 3.05) is 18.1 Å². The Labute approximate surface area is 216 Å². The molecule has 2 aromatic carbocycles. The molecule has 3 rings (SSSR count). The summed E-state index contributed by atoms with van der Waals surface area (Å²) in [5.74, 6) is 0.600. The number of aliphatic hydroxyl groups excluding tert-OH is 2. The molecule has 1 amide bonds. The lowest BCUT2D eigenvalue weighted by atomic mass is 9.91. The maximum Gasteiger partial charge on any atom is 0.303 e. The van der Waals surface area contributed by atoms with E-state index < -0.39 is 18.4 Å². The maximum absolute atomic E-state index is 12.1. The zero-order valence-electron chi connectivity index (χ0n) is 20.9. The molecule has 5 atom stereocenters. The summed E-state index contributed by atoms with van der Waals surface area (Å²) in [6, 6.07) is 15.4. The van der Waals surface area contributed by atoms with Crippen LogP contribution in [0.2, 0.25) is 0 Å². The molecule has 5 unspecified atom stereocenters. The molecule has 2 aromatic rings. The standard InChI is InChI=1S/C27H35NO7S/c1-17-24(16-36-13-12-29)34-27(35-25(17)22-8-6-21(15-30)7-9-22)23-10-4-20(5-11-23)14-28-26(32)18(2)33-19(3)31/h4-11,17-18,24-25,27,29-30H,12-16H2,1-3H3,(H,28,32). The first-order valence-electron chi connectivity index (χ1n) is 12.0. The lowest BCUT2D eigenvalue weighted by Crippen LogP contribution is -2.38. The number of rotatable bonds is 11. The highest BCUT2D eigenvalue weighted by atomic mass is 32.2. The Bertz CT molecular complexity index is 983. The molecule has 0 saturated carbocycles. The lowest BCUT2D eigenvalue weighted by molar-refractivity contribution is -0.268. The molecular formula is C27H35NO7S. The Morgan fingerprint density at radius 2 is 1.67 bits per heavy atom. The molecule has 1 fully saturated rings.